The molecule has 1 amide bonds. The van der Waals surface area contributed by atoms with Gasteiger partial charge >= 0.3 is 0 Å². The standard InChI is InChI=1S/C30H30ClN3O4S/c1-6-16-38-23-15-10-20(17-24(23)37-9-4)18-25-28(35)34-27(21-11-13-22(31)14-12-21)26(19(5)32-30(34)39-25)29(36)33(7-2)8-3/h1,10-15,17-18,27H,7-9,16H2,2-5H3/b25-18+/t27-/m0/s1. The summed E-state index contributed by atoms with van der Waals surface area (Å²) >= 11 is 7.45. The van der Waals surface area contributed by atoms with Gasteiger partial charge in [-0.3, -0.25) is 14.2 Å². The fraction of sp³-hybridized carbons (Fsp3) is 0.300. The molecule has 1 aliphatic rings. The molecule has 2 heterocycles. The minimum absolute atomic E-state index is 0.122. The molecule has 1 atom stereocenters. The maximum Gasteiger partial charge on any atom is 0.271 e. The molecule has 0 saturated carbocycles. The zero-order valence-corrected chi connectivity index (χ0v) is 23.9. The van der Waals surface area contributed by atoms with E-state index in [0.29, 0.717) is 56.8 Å². The summed E-state index contributed by atoms with van der Waals surface area (Å²) in [6.07, 6.45) is 7.12. The Morgan fingerprint density at radius 2 is 1.87 bits per heavy atom. The van der Waals surface area contributed by atoms with Crippen LogP contribution in [0.25, 0.3) is 6.08 Å². The van der Waals surface area contributed by atoms with Gasteiger partial charge in [-0.2, -0.15) is 0 Å². The first-order valence-electron chi connectivity index (χ1n) is 12.7. The Hall–Kier alpha value is -3.80. The van der Waals surface area contributed by atoms with Crippen LogP contribution >= 0.6 is 22.9 Å². The molecular weight excluding hydrogens is 534 g/mol. The minimum Gasteiger partial charge on any atom is -0.490 e. The number of allylic oxidation sites excluding steroid dienone is 1. The van der Waals surface area contributed by atoms with E-state index in [1.54, 1.807) is 33.7 Å². The number of hydrogen-bond donors (Lipinski definition) is 0. The third-order valence-electron chi connectivity index (χ3n) is 6.36. The monoisotopic (exact) mass is 563 g/mol. The van der Waals surface area contributed by atoms with Crippen molar-refractivity contribution in [2.75, 3.05) is 26.3 Å². The van der Waals surface area contributed by atoms with Crippen molar-refractivity contribution in [1.29, 1.82) is 0 Å². The van der Waals surface area contributed by atoms with E-state index in [1.165, 1.54) is 11.3 Å². The molecule has 39 heavy (non-hydrogen) atoms. The number of benzene rings is 2. The number of rotatable bonds is 9. The molecule has 0 bridgehead atoms. The first-order chi connectivity index (χ1) is 18.8. The maximum absolute atomic E-state index is 13.9. The largest absolute Gasteiger partial charge is 0.490 e. The van der Waals surface area contributed by atoms with Gasteiger partial charge in [-0.1, -0.05) is 47.1 Å². The average Bonchev–Trinajstić information content (AvgIpc) is 3.22. The molecule has 0 N–H and O–H groups in total. The summed E-state index contributed by atoms with van der Waals surface area (Å²) in [5.74, 6) is 3.38. The SMILES string of the molecule is C#CCOc1ccc(/C=c2/sc3n(c2=O)[C@@H](c2ccc(Cl)cc2)C(C(=O)N(CC)CC)=C(C)N=3)cc1OCC. The molecule has 0 aliphatic carbocycles. The molecule has 0 unspecified atom stereocenters. The van der Waals surface area contributed by atoms with Crippen molar-refractivity contribution in [3.8, 4) is 23.8 Å². The molecule has 0 spiro atoms. The Morgan fingerprint density at radius 3 is 2.51 bits per heavy atom. The predicted octanol–water partition coefficient (Wildman–Crippen LogP) is 4.17. The summed E-state index contributed by atoms with van der Waals surface area (Å²) < 4.78 is 13.4. The molecule has 0 fully saturated rings. The number of thiazole rings is 1. The number of carbonyl (C=O) groups excluding carboxylic acids is 1. The van der Waals surface area contributed by atoms with Crippen LogP contribution in [0.1, 0.15) is 44.9 Å². The van der Waals surface area contributed by atoms with Crippen LogP contribution in [0.4, 0.5) is 0 Å². The summed E-state index contributed by atoms with van der Waals surface area (Å²) in [4.78, 5) is 34.6. The second kappa shape index (κ2) is 12.4. The van der Waals surface area contributed by atoms with Crippen LogP contribution < -0.4 is 24.4 Å². The van der Waals surface area contributed by atoms with E-state index in [-0.39, 0.29) is 18.1 Å². The smallest absolute Gasteiger partial charge is 0.271 e. The van der Waals surface area contributed by atoms with Gasteiger partial charge in [-0.05, 0) is 69.2 Å². The van der Waals surface area contributed by atoms with E-state index < -0.39 is 6.04 Å². The highest BCUT2D eigenvalue weighted by molar-refractivity contribution is 7.07. The molecule has 2 aromatic carbocycles. The minimum atomic E-state index is -0.632. The van der Waals surface area contributed by atoms with Crippen molar-refractivity contribution < 1.29 is 14.3 Å². The molecular formula is C30H30ClN3O4S. The summed E-state index contributed by atoms with van der Waals surface area (Å²) in [5, 5.41) is 0.572. The van der Waals surface area contributed by atoms with E-state index in [0.717, 1.165) is 11.1 Å². The number of likely N-dealkylation sites (N-methyl/N-ethyl adjacent to an activating group) is 1. The molecule has 1 aliphatic heterocycles. The van der Waals surface area contributed by atoms with E-state index in [4.69, 9.17) is 32.5 Å². The lowest BCUT2D eigenvalue weighted by Crippen LogP contribution is -2.43. The van der Waals surface area contributed by atoms with Crippen LogP contribution in [0.5, 0.6) is 11.5 Å². The number of hydrogen-bond acceptors (Lipinski definition) is 6. The number of aromatic nitrogens is 1. The summed E-state index contributed by atoms with van der Waals surface area (Å²) in [6, 6.07) is 12.0. The molecule has 1 aromatic heterocycles. The summed E-state index contributed by atoms with van der Waals surface area (Å²) in [6.45, 7) is 9.23. The maximum atomic E-state index is 13.9. The molecule has 3 aromatic rings. The lowest BCUT2D eigenvalue weighted by atomic mass is 9.94. The zero-order valence-electron chi connectivity index (χ0n) is 22.4. The lowest BCUT2D eigenvalue weighted by Gasteiger charge is -2.29. The number of nitrogens with zero attached hydrogens (tertiary/aromatic N) is 3. The highest BCUT2D eigenvalue weighted by Gasteiger charge is 2.34. The Kier molecular flexibility index (Phi) is 8.95. The fourth-order valence-corrected chi connectivity index (χ4v) is 5.68. The zero-order chi connectivity index (χ0) is 28.1. The number of amides is 1. The van der Waals surface area contributed by atoms with E-state index in [9.17, 15) is 9.59 Å². The molecule has 202 valence electrons. The number of ether oxygens (including phenoxy) is 2. The second-order valence-corrected chi connectivity index (χ2v) is 10.2. The summed E-state index contributed by atoms with van der Waals surface area (Å²) in [7, 11) is 0. The average molecular weight is 564 g/mol. The van der Waals surface area contributed by atoms with Gasteiger partial charge in [-0.15, -0.1) is 6.42 Å². The van der Waals surface area contributed by atoms with Gasteiger partial charge in [-0.25, -0.2) is 4.99 Å². The predicted molar refractivity (Wildman–Crippen MR) is 155 cm³/mol. The first-order valence-corrected chi connectivity index (χ1v) is 13.9. The van der Waals surface area contributed by atoms with E-state index in [2.05, 4.69) is 5.92 Å². The molecule has 0 saturated heterocycles. The van der Waals surface area contributed by atoms with Crippen molar-refractivity contribution >= 4 is 34.9 Å². The van der Waals surface area contributed by atoms with Gasteiger partial charge in [0.2, 0.25) is 0 Å². The van der Waals surface area contributed by atoms with Crippen molar-refractivity contribution in [3.05, 3.63) is 89.6 Å². The molecule has 0 radical (unpaired) electrons. The van der Waals surface area contributed by atoms with Crippen molar-refractivity contribution in [1.82, 2.24) is 9.47 Å². The fourth-order valence-electron chi connectivity index (χ4n) is 4.51. The van der Waals surface area contributed by atoms with Crippen LogP contribution in [-0.2, 0) is 4.79 Å². The number of fused-ring (bicyclic) bond motifs is 1. The Morgan fingerprint density at radius 1 is 1.15 bits per heavy atom. The van der Waals surface area contributed by atoms with Crippen molar-refractivity contribution in [3.63, 3.8) is 0 Å². The van der Waals surface area contributed by atoms with Crippen LogP contribution in [0.3, 0.4) is 0 Å². The van der Waals surface area contributed by atoms with Gasteiger partial charge in [0.05, 0.1) is 28.5 Å². The van der Waals surface area contributed by atoms with E-state index in [1.807, 2.05) is 52.0 Å². The lowest BCUT2D eigenvalue weighted by molar-refractivity contribution is -0.127. The van der Waals surface area contributed by atoms with Gasteiger partial charge in [0.25, 0.3) is 11.5 Å². The van der Waals surface area contributed by atoms with Gasteiger partial charge in [0.15, 0.2) is 16.3 Å². The Labute approximate surface area is 236 Å². The van der Waals surface area contributed by atoms with Crippen LogP contribution in [0.15, 0.2) is 63.5 Å². The number of carbonyl (C=O) groups is 1. The topological polar surface area (TPSA) is 73.1 Å². The van der Waals surface area contributed by atoms with Gasteiger partial charge in [0, 0.05) is 18.1 Å². The van der Waals surface area contributed by atoms with Crippen LogP contribution in [0.2, 0.25) is 5.02 Å². The van der Waals surface area contributed by atoms with Gasteiger partial charge < -0.3 is 14.4 Å². The third kappa shape index (κ3) is 5.80. The third-order valence-corrected chi connectivity index (χ3v) is 7.60. The van der Waals surface area contributed by atoms with Crippen molar-refractivity contribution in [2.24, 2.45) is 4.99 Å². The van der Waals surface area contributed by atoms with Gasteiger partial charge in [0.1, 0.15) is 6.61 Å². The molecule has 9 heteroatoms. The van der Waals surface area contributed by atoms with Crippen molar-refractivity contribution in [2.45, 2.75) is 33.7 Å². The van der Waals surface area contributed by atoms with Crippen LogP contribution in [-0.4, -0.2) is 41.7 Å². The molecule has 7 nitrogen and oxygen atoms in total. The quantitative estimate of drug-likeness (QED) is 0.366. The highest BCUT2D eigenvalue weighted by Crippen LogP contribution is 2.32. The highest BCUT2D eigenvalue weighted by atomic mass is 35.5. The summed E-state index contributed by atoms with van der Waals surface area (Å²) in [5.41, 5.74) is 2.38. The van der Waals surface area contributed by atoms with E-state index >= 15 is 0 Å². The Balaban J connectivity index is 1.88. The number of halogens is 1. The normalized spacial score (nSPS) is 14.9. The molecule has 4 rings (SSSR count). The second-order valence-electron chi connectivity index (χ2n) is 8.74. The Bertz CT molecular complexity index is 1630. The first kappa shape index (κ1) is 28.2. The number of terminal acetylenes is 1. The van der Waals surface area contributed by atoms with Crippen LogP contribution in [0, 0.1) is 12.3 Å².